The first kappa shape index (κ1) is 54.4. The zero-order chi connectivity index (χ0) is 55.2. The summed E-state index contributed by atoms with van der Waals surface area (Å²) >= 11 is 5.60. The van der Waals surface area contributed by atoms with Crippen molar-refractivity contribution < 1.29 is 31.9 Å². The second kappa shape index (κ2) is 21.6. The van der Waals surface area contributed by atoms with Crippen LogP contribution in [-0.4, -0.2) is 110 Å². The van der Waals surface area contributed by atoms with Crippen molar-refractivity contribution in [1.82, 2.24) is 54.8 Å². The molecule has 410 valence electrons. The second-order valence-electron chi connectivity index (χ2n) is 21.6. The van der Waals surface area contributed by atoms with Crippen LogP contribution in [0.5, 0.6) is 0 Å². The monoisotopic (exact) mass is 1090 g/mol. The molecule has 0 radical (unpaired) electrons. The molecule has 2 aliphatic carbocycles. The summed E-state index contributed by atoms with van der Waals surface area (Å²) < 4.78 is 59.7. The van der Waals surface area contributed by atoms with Gasteiger partial charge in [0.1, 0.15) is 11.6 Å². The van der Waals surface area contributed by atoms with E-state index in [0.29, 0.717) is 35.7 Å². The normalized spacial score (nSPS) is 21.9. The van der Waals surface area contributed by atoms with Gasteiger partial charge in [0, 0.05) is 62.2 Å². The summed E-state index contributed by atoms with van der Waals surface area (Å²) in [5.74, 6) is -2.33. The first-order valence-electron chi connectivity index (χ1n) is 25.5. The van der Waals surface area contributed by atoms with Gasteiger partial charge in [-0.2, -0.15) is 29.9 Å². The summed E-state index contributed by atoms with van der Waals surface area (Å²) in [7, 11) is 2.88. The van der Waals surface area contributed by atoms with Crippen LogP contribution in [0.1, 0.15) is 128 Å². The molecule has 2 saturated carbocycles. The Morgan fingerprint density at radius 2 is 1.32 bits per heavy atom. The van der Waals surface area contributed by atoms with Crippen molar-refractivity contribution in [2.45, 2.75) is 152 Å². The van der Waals surface area contributed by atoms with Crippen molar-refractivity contribution in [2.24, 2.45) is 18.0 Å². The quantitative estimate of drug-likeness (QED) is 0.0317. The third kappa shape index (κ3) is 11.7. The Balaban J connectivity index is 0.000000159. The Hall–Kier alpha value is -7.35. The van der Waals surface area contributed by atoms with Gasteiger partial charge in [0.05, 0.1) is 35.1 Å². The van der Waals surface area contributed by atoms with Gasteiger partial charge >= 0.3 is 11.7 Å². The zero-order valence-electron chi connectivity index (χ0n) is 43.4. The molecule has 7 N–H and O–H groups in total. The number of fused-ring (bicyclic) bond motifs is 2. The number of carbonyl (C=O) groups excluding carboxylic acids is 3. The number of hydrogen-bond donors (Lipinski definition) is 6. The average molecular weight is 1090 g/mol. The van der Waals surface area contributed by atoms with Crippen LogP contribution in [0.15, 0.2) is 46.7 Å². The number of nitrogens with one attached hydrogen (secondary N) is 5. The van der Waals surface area contributed by atoms with E-state index in [2.05, 4.69) is 89.4 Å². The van der Waals surface area contributed by atoms with E-state index in [9.17, 15) is 32.3 Å². The Morgan fingerprint density at radius 1 is 0.766 bits per heavy atom. The van der Waals surface area contributed by atoms with Crippen LogP contribution in [-0.2, 0) is 16.6 Å². The molecule has 4 saturated heterocycles. The van der Waals surface area contributed by atoms with Crippen molar-refractivity contribution in [3.05, 3.63) is 86.7 Å². The van der Waals surface area contributed by atoms with Gasteiger partial charge < -0.3 is 36.8 Å². The first-order valence-corrected chi connectivity index (χ1v) is 25.9. The van der Waals surface area contributed by atoms with Gasteiger partial charge in [0.2, 0.25) is 23.7 Å². The van der Waals surface area contributed by atoms with E-state index in [1.54, 1.807) is 0 Å². The molecular weight excluding hydrogens is 1030 g/mol. The molecular formula is C50H61ClF4N18O4. The number of rotatable bonds is 11. The fourth-order valence-corrected chi connectivity index (χ4v) is 11.1. The number of amides is 4. The molecule has 6 fully saturated rings. The van der Waals surface area contributed by atoms with Crippen molar-refractivity contribution in [1.29, 1.82) is 5.53 Å². The van der Waals surface area contributed by atoms with Gasteiger partial charge in [0.15, 0.2) is 22.6 Å². The molecule has 2 aromatic carbocycles. The van der Waals surface area contributed by atoms with Crippen molar-refractivity contribution >= 4 is 64.2 Å². The van der Waals surface area contributed by atoms with Crippen LogP contribution >= 0.6 is 11.6 Å². The van der Waals surface area contributed by atoms with Gasteiger partial charge in [-0.15, -0.1) is 0 Å². The Morgan fingerprint density at radius 3 is 1.90 bits per heavy atom. The number of tetrazole rings is 1. The highest BCUT2D eigenvalue weighted by molar-refractivity contribution is 6.29. The number of nitrogens with two attached hydrogens (primary N) is 1. The van der Waals surface area contributed by atoms with E-state index in [1.165, 1.54) is 38.4 Å². The number of halogens is 5. The van der Waals surface area contributed by atoms with E-state index in [0.717, 1.165) is 84.6 Å². The molecule has 0 bridgehead atoms. The van der Waals surface area contributed by atoms with Crippen molar-refractivity contribution in [3.8, 4) is 5.69 Å². The Labute approximate surface area is 445 Å². The van der Waals surface area contributed by atoms with Crippen LogP contribution in [0.25, 0.3) is 5.69 Å². The topological polar surface area (TPSA) is 276 Å². The molecule has 4 amide bonds. The molecule has 4 aliphatic heterocycles. The lowest BCUT2D eigenvalue weighted by atomic mass is 9.96. The molecule has 5 aromatic rings. The minimum Gasteiger partial charge on any atom is -0.364 e. The van der Waals surface area contributed by atoms with E-state index in [-0.39, 0.29) is 94.1 Å². The smallest absolute Gasteiger partial charge is 0.364 e. The molecule has 27 heteroatoms. The highest BCUT2D eigenvalue weighted by Gasteiger charge is 2.47. The minimum atomic E-state index is -0.804. The van der Waals surface area contributed by atoms with Gasteiger partial charge in [0.25, 0.3) is 0 Å². The summed E-state index contributed by atoms with van der Waals surface area (Å²) in [6, 6.07) is 5.16. The third-order valence-electron chi connectivity index (χ3n) is 15.0. The number of anilines is 6. The molecule has 77 heavy (non-hydrogen) atoms. The van der Waals surface area contributed by atoms with Crippen LogP contribution in [0.3, 0.4) is 0 Å². The average Bonchev–Trinajstić information content (AvgIpc) is 4.32. The largest absolute Gasteiger partial charge is 0.368 e. The number of hydrogen-bond acceptors (Lipinski definition) is 16. The van der Waals surface area contributed by atoms with Crippen LogP contribution < -0.4 is 37.7 Å². The van der Waals surface area contributed by atoms with Gasteiger partial charge in [-0.25, -0.2) is 37.1 Å². The van der Waals surface area contributed by atoms with E-state index >= 15 is 4.39 Å². The maximum Gasteiger partial charge on any atom is 0.368 e. The lowest BCUT2D eigenvalue weighted by molar-refractivity contribution is -0.141. The first-order chi connectivity index (χ1) is 36.5. The number of carbonyl (C=O) groups is 3. The fraction of sp³-hybridized carbons (Fsp3) is 0.520. The Bertz CT molecular complexity index is 3170. The van der Waals surface area contributed by atoms with Crippen molar-refractivity contribution in [2.75, 3.05) is 28.0 Å². The highest BCUT2D eigenvalue weighted by Crippen LogP contribution is 2.47. The lowest BCUT2D eigenvalue weighted by Gasteiger charge is -2.42. The number of piperidine rings is 2. The molecule has 0 spiro atoms. The lowest BCUT2D eigenvalue weighted by Crippen LogP contribution is -2.53. The number of aryl methyl sites for hydroxylation is 1. The van der Waals surface area contributed by atoms with Gasteiger partial charge in [-0.05, 0) is 150 Å². The third-order valence-corrected chi connectivity index (χ3v) is 15.2. The highest BCUT2D eigenvalue weighted by atomic mass is 35.5. The minimum absolute atomic E-state index is 0.0104. The number of nitrogens with zero attached hydrogens (tertiary/aromatic N) is 12. The number of aromatic nitrogens is 8. The Kier molecular flexibility index (Phi) is 15.3. The molecule has 7 heterocycles. The number of benzene rings is 2. The zero-order valence-corrected chi connectivity index (χ0v) is 44.1. The summed E-state index contributed by atoms with van der Waals surface area (Å²) in [5, 5.41) is 22.2. The SMILES string of the molecule is CC1(C)CCC2CC(N)CC(=O)N21.CNC(=O)N(N=N)c1cc(Nc2ncc(F)c(Cl)n2)c(F)cc1C1CC1.Cn1nnn(-c2cc(Nc3ncc(F)c(NC4CC(=O)N5C(CCC5(C)C)C4)n3)c(F)cc2C2CC2)c1=O. The molecule has 3 aromatic heterocycles. The van der Waals surface area contributed by atoms with E-state index < -0.39 is 40.1 Å². The van der Waals surface area contributed by atoms with Gasteiger partial charge in [-0.1, -0.05) is 16.8 Å². The maximum atomic E-state index is 15.1. The van der Waals surface area contributed by atoms with Crippen molar-refractivity contribution in [3.63, 3.8) is 0 Å². The van der Waals surface area contributed by atoms with Gasteiger partial charge in [-0.3, -0.25) is 9.59 Å². The predicted molar refractivity (Wildman–Crippen MR) is 276 cm³/mol. The maximum absolute atomic E-state index is 15.1. The summed E-state index contributed by atoms with van der Waals surface area (Å²) in [4.78, 5) is 68.7. The van der Waals surface area contributed by atoms with Crippen LogP contribution in [0.2, 0.25) is 5.15 Å². The molecule has 22 nitrogen and oxygen atoms in total. The summed E-state index contributed by atoms with van der Waals surface area (Å²) in [6.45, 7) is 8.45. The molecule has 4 atom stereocenters. The second-order valence-corrected chi connectivity index (χ2v) is 21.9. The van der Waals surface area contributed by atoms with Crippen LogP contribution in [0.4, 0.5) is 57.1 Å². The summed E-state index contributed by atoms with van der Waals surface area (Å²) in [5.41, 5.74) is 14.4. The predicted octanol–water partition coefficient (Wildman–Crippen LogP) is 8.00. The number of urea groups is 1. The molecule has 4 unspecified atom stereocenters. The van der Waals surface area contributed by atoms with E-state index in [1.807, 2.05) is 4.90 Å². The summed E-state index contributed by atoms with van der Waals surface area (Å²) in [6.07, 6.45) is 11.9. The molecule has 6 aliphatic rings. The van der Waals surface area contributed by atoms with Crippen LogP contribution in [0, 0.1) is 28.8 Å². The standard InChI is InChI=1S/C25H29F2N9O2.C15H14ClF2N7O.C10H18N2O/c1-25(2)7-6-15-8-14(9-21(37)35(15)25)29-22-18(27)12-28-23(31-22)30-19-11-20(36-24(38)34(3)32-33-36)16(10-17(19)26)13-4-5-13;1-20-15(26)25(24-19)12-5-11(9(17)4-8(12)7-2-3-7)22-14-21-6-10(18)13(16)23-14;1-10(2)4-3-8-5-7(11)6-9(13)12(8)10/h10-15H,4-9H2,1-3H3,(H2,28,29,30,31);4-7,19H,2-3H2,1H3,(H,20,26)(H,21,22,23);7-8H,3-6,11H2,1-2H3. The molecule has 11 rings (SSSR count). The fourth-order valence-electron chi connectivity index (χ4n) is 10.9. The van der Waals surface area contributed by atoms with E-state index in [4.69, 9.17) is 22.9 Å².